The molecule has 1 N–H and O–H groups in total. The van der Waals surface area contributed by atoms with Gasteiger partial charge in [-0.25, -0.2) is 13.1 Å². The third-order valence-electron chi connectivity index (χ3n) is 4.12. The summed E-state index contributed by atoms with van der Waals surface area (Å²) >= 11 is 5.76. The highest BCUT2D eigenvalue weighted by Gasteiger charge is 2.32. The zero-order valence-corrected chi connectivity index (χ0v) is 15.6. The Labute approximate surface area is 155 Å². The Kier molecular flexibility index (Phi) is 6.92. The van der Waals surface area contributed by atoms with Crippen LogP contribution in [0.4, 0.5) is 13.2 Å². The fourth-order valence-electron chi connectivity index (χ4n) is 2.71. The summed E-state index contributed by atoms with van der Waals surface area (Å²) in [5.41, 5.74) is -1.09. The van der Waals surface area contributed by atoms with E-state index in [1.165, 1.54) is 0 Å². The van der Waals surface area contributed by atoms with Crippen LogP contribution in [0.1, 0.15) is 37.7 Å². The van der Waals surface area contributed by atoms with Gasteiger partial charge in [-0.3, -0.25) is 4.79 Å². The predicted octanol–water partition coefficient (Wildman–Crippen LogP) is 3.43. The van der Waals surface area contributed by atoms with Crippen molar-refractivity contribution in [3.63, 3.8) is 0 Å². The lowest BCUT2D eigenvalue weighted by molar-refractivity contribution is -0.137. The average molecular weight is 413 g/mol. The van der Waals surface area contributed by atoms with Gasteiger partial charge in [-0.1, -0.05) is 18.0 Å². The van der Waals surface area contributed by atoms with Crippen LogP contribution in [0.2, 0.25) is 5.02 Å². The largest absolute Gasteiger partial charge is 0.416 e. The van der Waals surface area contributed by atoms with E-state index in [0.29, 0.717) is 32.0 Å². The van der Waals surface area contributed by atoms with E-state index in [-0.39, 0.29) is 17.5 Å². The molecule has 0 aliphatic carbocycles. The average Bonchev–Trinajstić information content (AvgIpc) is 2.75. The van der Waals surface area contributed by atoms with E-state index in [4.69, 9.17) is 11.6 Å². The SMILES string of the molecule is O=C1CCCCCN1CCCNS(=O)(=O)c1cc(C(F)(F)F)ccc1Cl. The van der Waals surface area contributed by atoms with E-state index < -0.39 is 26.7 Å². The van der Waals surface area contributed by atoms with Crippen molar-refractivity contribution in [3.8, 4) is 0 Å². The molecule has 1 aliphatic heterocycles. The number of rotatable bonds is 6. The summed E-state index contributed by atoms with van der Waals surface area (Å²) in [4.78, 5) is 12.9. The van der Waals surface area contributed by atoms with Crippen LogP contribution in [0.15, 0.2) is 23.1 Å². The number of hydrogen-bond donors (Lipinski definition) is 1. The molecule has 1 amide bonds. The molecule has 26 heavy (non-hydrogen) atoms. The topological polar surface area (TPSA) is 66.5 Å². The molecule has 1 fully saturated rings. The van der Waals surface area contributed by atoms with Crippen molar-refractivity contribution in [1.29, 1.82) is 0 Å². The number of likely N-dealkylation sites (tertiary alicyclic amines) is 1. The Bertz CT molecular complexity index is 754. The van der Waals surface area contributed by atoms with Gasteiger partial charge in [0.1, 0.15) is 4.90 Å². The normalized spacial score (nSPS) is 16.6. The molecule has 1 aromatic carbocycles. The number of hydrogen-bond acceptors (Lipinski definition) is 3. The monoisotopic (exact) mass is 412 g/mol. The number of sulfonamides is 1. The number of nitrogens with zero attached hydrogens (tertiary/aromatic N) is 1. The summed E-state index contributed by atoms with van der Waals surface area (Å²) in [6, 6.07) is 2.16. The summed E-state index contributed by atoms with van der Waals surface area (Å²) < 4.78 is 65.1. The van der Waals surface area contributed by atoms with Crippen LogP contribution in [-0.2, 0) is 21.0 Å². The lowest BCUT2D eigenvalue weighted by Gasteiger charge is -2.20. The molecular formula is C16H20ClF3N2O3S. The first-order chi connectivity index (χ1) is 12.1. The number of nitrogens with one attached hydrogen (secondary N) is 1. The van der Waals surface area contributed by atoms with Gasteiger partial charge in [0.2, 0.25) is 15.9 Å². The fraction of sp³-hybridized carbons (Fsp3) is 0.562. The number of alkyl halides is 3. The van der Waals surface area contributed by atoms with E-state index >= 15 is 0 Å². The molecule has 2 rings (SSSR count). The maximum atomic E-state index is 12.8. The Hall–Kier alpha value is -1.32. The van der Waals surface area contributed by atoms with Gasteiger partial charge in [-0.15, -0.1) is 0 Å². The van der Waals surface area contributed by atoms with E-state index in [0.717, 1.165) is 31.4 Å². The van der Waals surface area contributed by atoms with Crippen LogP contribution < -0.4 is 4.72 Å². The molecule has 0 spiro atoms. The highest BCUT2D eigenvalue weighted by molar-refractivity contribution is 7.89. The molecule has 1 saturated heterocycles. The molecule has 1 heterocycles. The number of carbonyl (C=O) groups is 1. The minimum Gasteiger partial charge on any atom is -0.343 e. The Morgan fingerprint density at radius 1 is 1.19 bits per heavy atom. The number of amides is 1. The quantitative estimate of drug-likeness (QED) is 0.728. The van der Waals surface area contributed by atoms with Crippen molar-refractivity contribution >= 4 is 27.5 Å². The summed E-state index contributed by atoms with van der Waals surface area (Å²) in [5, 5.41) is -0.284. The highest BCUT2D eigenvalue weighted by Crippen LogP contribution is 2.33. The third kappa shape index (κ3) is 5.59. The molecule has 1 aliphatic rings. The van der Waals surface area contributed by atoms with E-state index in [9.17, 15) is 26.4 Å². The summed E-state index contributed by atoms with van der Waals surface area (Å²) in [5.74, 6) is 0.0475. The first-order valence-corrected chi connectivity index (χ1v) is 10.1. The third-order valence-corrected chi connectivity index (χ3v) is 6.06. The second kappa shape index (κ2) is 8.58. The van der Waals surface area contributed by atoms with Crippen LogP contribution in [0.3, 0.4) is 0 Å². The van der Waals surface area contributed by atoms with Crippen molar-refractivity contribution in [1.82, 2.24) is 9.62 Å². The summed E-state index contributed by atoms with van der Waals surface area (Å²) in [7, 11) is -4.18. The lowest BCUT2D eigenvalue weighted by atomic mass is 10.2. The Morgan fingerprint density at radius 2 is 1.92 bits per heavy atom. The van der Waals surface area contributed by atoms with Gasteiger partial charge in [0, 0.05) is 26.1 Å². The molecule has 10 heteroatoms. The molecule has 0 saturated carbocycles. The molecule has 146 valence electrons. The molecule has 0 radical (unpaired) electrons. The second-order valence-corrected chi connectivity index (χ2v) is 8.23. The van der Waals surface area contributed by atoms with Crippen molar-refractivity contribution in [2.24, 2.45) is 0 Å². The molecule has 0 bridgehead atoms. The van der Waals surface area contributed by atoms with Crippen LogP contribution in [0.25, 0.3) is 0 Å². The zero-order valence-electron chi connectivity index (χ0n) is 14.0. The number of halogens is 4. The minimum atomic E-state index is -4.66. The maximum absolute atomic E-state index is 12.8. The summed E-state index contributed by atoms with van der Waals surface area (Å²) in [6.07, 6.45) is -1.05. The first-order valence-electron chi connectivity index (χ1n) is 8.25. The number of carbonyl (C=O) groups excluding carboxylic acids is 1. The molecular weight excluding hydrogens is 393 g/mol. The van der Waals surface area contributed by atoms with Crippen LogP contribution >= 0.6 is 11.6 Å². The fourth-order valence-corrected chi connectivity index (χ4v) is 4.31. The molecule has 0 atom stereocenters. The minimum absolute atomic E-state index is 0.00130. The summed E-state index contributed by atoms with van der Waals surface area (Å²) in [6.45, 7) is 1.04. The van der Waals surface area contributed by atoms with E-state index in [1.54, 1.807) is 4.90 Å². The zero-order chi connectivity index (χ0) is 19.4. The van der Waals surface area contributed by atoms with Gasteiger partial charge in [0.25, 0.3) is 0 Å². The highest BCUT2D eigenvalue weighted by atomic mass is 35.5. The van der Waals surface area contributed by atoms with Gasteiger partial charge in [-0.2, -0.15) is 13.2 Å². The molecule has 0 aromatic heterocycles. The number of benzene rings is 1. The molecule has 1 aromatic rings. The Morgan fingerprint density at radius 3 is 2.62 bits per heavy atom. The maximum Gasteiger partial charge on any atom is 0.416 e. The van der Waals surface area contributed by atoms with E-state index in [1.807, 2.05) is 0 Å². The van der Waals surface area contributed by atoms with Gasteiger partial charge in [-0.05, 0) is 37.5 Å². The van der Waals surface area contributed by atoms with Crippen molar-refractivity contribution in [2.75, 3.05) is 19.6 Å². The van der Waals surface area contributed by atoms with Crippen LogP contribution in [0, 0.1) is 0 Å². The van der Waals surface area contributed by atoms with Crippen LogP contribution in [0.5, 0.6) is 0 Å². The second-order valence-electron chi connectivity index (χ2n) is 6.09. The van der Waals surface area contributed by atoms with E-state index in [2.05, 4.69) is 4.72 Å². The molecule has 5 nitrogen and oxygen atoms in total. The smallest absolute Gasteiger partial charge is 0.343 e. The standard InChI is InChI=1S/C16H20ClF3N2O3S/c17-13-7-6-12(16(18,19)20)11-14(13)26(24,25)21-8-4-10-22-9-3-1-2-5-15(22)23/h6-7,11,21H,1-5,8-10H2. The molecule has 0 unspecified atom stereocenters. The van der Waals surface area contributed by atoms with Gasteiger partial charge >= 0.3 is 6.18 Å². The first kappa shape index (κ1) is 21.0. The predicted molar refractivity (Wildman–Crippen MR) is 91.3 cm³/mol. The van der Waals surface area contributed by atoms with Crippen molar-refractivity contribution < 1.29 is 26.4 Å². The van der Waals surface area contributed by atoms with Crippen LogP contribution in [-0.4, -0.2) is 38.9 Å². The van der Waals surface area contributed by atoms with Crippen molar-refractivity contribution in [2.45, 2.75) is 43.2 Å². The lowest BCUT2D eigenvalue weighted by Crippen LogP contribution is -2.34. The Balaban J connectivity index is 1.97. The van der Waals surface area contributed by atoms with Gasteiger partial charge in [0.15, 0.2) is 0 Å². The van der Waals surface area contributed by atoms with Gasteiger partial charge in [0.05, 0.1) is 10.6 Å². The van der Waals surface area contributed by atoms with Crippen molar-refractivity contribution in [3.05, 3.63) is 28.8 Å². The van der Waals surface area contributed by atoms with Gasteiger partial charge < -0.3 is 4.90 Å².